The minimum absolute atomic E-state index is 0.298. The number of carbonyl (C=O) groups is 1. The molecule has 19 heavy (non-hydrogen) atoms. The highest BCUT2D eigenvalue weighted by Gasteiger charge is 2.26. The van der Waals surface area contributed by atoms with Crippen LogP contribution in [0.15, 0.2) is 5.38 Å². The van der Waals surface area contributed by atoms with E-state index >= 15 is 0 Å². The fraction of sp³-hybridized carbons (Fsp3) is 0.667. The number of aromatic nitrogens is 1. The van der Waals surface area contributed by atoms with E-state index in [0.29, 0.717) is 10.4 Å². The molecule has 0 radical (unpaired) electrons. The molecule has 1 fully saturated rings. The summed E-state index contributed by atoms with van der Waals surface area (Å²) in [4.78, 5) is 17.4. The quantitative estimate of drug-likeness (QED) is 0.888. The molecule has 0 bridgehead atoms. The van der Waals surface area contributed by atoms with Crippen LogP contribution in [-0.2, 0) is 4.79 Å². The highest BCUT2D eigenvalue weighted by atomic mass is 32.2. The molecule has 106 valence electrons. The third-order valence-corrected chi connectivity index (χ3v) is 5.49. The van der Waals surface area contributed by atoms with Crippen molar-refractivity contribution in [3.63, 3.8) is 0 Å². The number of carboxylic acid groups (broad SMARTS) is 1. The smallest absolute Gasteiger partial charge is 0.326 e. The second-order valence-electron chi connectivity index (χ2n) is 5.22. The van der Waals surface area contributed by atoms with Gasteiger partial charge < -0.3 is 15.7 Å². The van der Waals surface area contributed by atoms with Crippen molar-refractivity contribution in [2.24, 2.45) is 5.73 Å². The van der Waals surface area contributed by atoms with E-state index in [2.05, 4.69) is 23.7 Å². The number of aliphatic carboxylic acids is 1. The summed E-state index contributed by atoms with van der Waals surface area (Å²) in [6.07, 6.45) is 1.09. The lowest BCUT2D eigenvalue weighted by molar-refractivity contribution is -0.138. The van der Waals surface area contributed by atoms with Crippen LogP contribution in [-0.4, -0.2) is 39.6 Å². The van der Waals surface area contributed by atoms with E-state index < -0.39 is 12.0 Å². The Hall–Kier alpha value is -0.790. The van der Waals surface area contributed by atoms with Crippen LogP contribution in [0.4, 0.5) is 5.13 Å². The van der Waals surface area contributed by atoms with Crippen molar-refractivity contribution in [2.75, 3.05) is 23.7 Å². The predicted molar refractivity (Wildman–Crippen MR) is 80.0 cm³/mol. The summed E-state index contributed by atoms with van der Waals surface area (Å²) in [5.41, 5.74) is 6.02. The average Bonchev–Trinajstić information content (AvgIpc) is 2.74. The van der Waals surface area contributed by atoms with Crippen LogP contribution in [0.5, 0.6) is 0 Å². The Bertz CT molecular complexity index is 462. The fourth-order valence-corrected chi connectivity index (χ4v) is 3.92. The maximum Gasteiger partial charge on any atom is 0.326 e. The van der Waals surface area contributed by atoms with Gasteiger partial charge in [-0.1, -0.05) is 13.8 Å². The third-order valence-electron chi connectivity index (χ3n) is 3.20. The van der Waals surface area contributed by atoms with Gasteiger partial charge in [0.2, 0.25) is 0 Å². The van der Waals surface area contributed by atoms with E-state index in [9.17, 15) is 4.79 Å². The summed E-state index contributed by atoms with van der Waals surface area (Å²) in [5.74, 6) is 0.0248. The van der Waals surface area contributed by atoms with Crippen molar-refractivity contribution >= 4 is 34.2 Å². The average molecular weight is 301 g/mol. The van der Waals surface area contributed by atoms with Crippen LogP contribution >= 0.6 is 23.1 Å². The largest absolute Gasteiger partial charge is 0.480 e. The van der Waals surface area contributed by atoms with Gasteiger partial charge in [-0.15, -0.1) is 11.3 Å². The van der Waals surface area contributed by atoms with E-state index in [-0.39, 0.29) is 0 Å². The van der Waals surface area contributed by atoms with Gasteiger partial charge in [-0.05, 0) is 6.42 Å². The molecule has 0 aromatic carbocycles. The number of carboxylic acids is 1. The molecule has 1 aliphatic rings. The number of hydrogen-bond acceptors (Lipinski definition) is 6. The molecule has 3 N–H and O–H groups in total. The van der Waals surface area contributed by atoms with Gasteiger partial charge >= 0.3 is 5.97 Å². The Morgan fingerprint density at radius 2 is 2.32 bits per heavy atom. The van der Waals surface area contributed by atoms with Crippen LogP contribution in [0.1, 0.15) is 32.0 Å². The van der Waals surface area contributed by atoms with E-state index in [1.807, 2.05) is 11.8 Å². The second kappa shape index (κ2) is 5.68. The molecule has 1 aromatic heterocycles. The van der Waals surface area contributed by atoms with E-state index in [0.717, 1.165) is 30.4 Å². The molecule has 5 nitrogen and oxygen atoms in total. The van der Waals surface area contributed by atoms with Crippen LogP contribution in [0.25, 0.3) is 0 Å². The summed E-state index contributed by atoms with van der Waals surface area (Å²) >= 11 is 3.45. The van der Waals surface area contributed by atoms with Crippen molar-refractivity contribution < 1.29 is 9.90 Å². The van der Waals surface area contributed by atoms with Crippen LogP contribution in [0, 0.1) is 0 Å². The number of thiazole rings is 1. The minimum Gasteiger partial charge on any atom is -0.480 e. The molecule has 0 aliphatic carbocycles. The minimum atomic E-state index is -1.04. The molecule has 2 rings (SSSR count). The van der Waals surface area contributed by atoms with Gasteiger partial charge in [-0.2, -0.15) is 11.8 Å². The molecule has 7 heteroatoms. The first-order chi connectivity index (χ1) is 8.89. The Labute approximate surface area is 121 Å². The molecule has 2 heterocycles. The summed E-state index contributed by atoms with van der Waals surface area (Å²) in [6.45, 7) is 6.42. The fourth-order valence-electron chi connectivity index (χ4n) is 1.90. The first-order valence-electron chi connectivity index (χ1n) is 6.22. The molecule has 0 saturated carbocycles. The van der Waals surface area contributed by atoms with Crippen LogP contribution < -0.4 is 10.6 Å². The highest BCUT2D eigenvalue weighted by molar-refractivity contribution is 8.00. The zero-order valence-electron chi connectivity index (χ0n) is 11.1. The summed E-state index contributed by atoms with van der Waals surface area (Å²) in [5, 5.41) is 11.5. The normalized spacial score (nSPS) is 20.9. The number of anilines is 1. The predicted octanol–water partition coefficient (Wildman–Crippen LogP) is 1.95. The Kier molecular flexibility index (Phi) is 4.37. The van der Waals surface area contributed by atoms with Gasteiger partial charge in [0.05, 0.1) is 5.69 Å². The lowest BCUT2D eigenvalue weighted by atomic mass is 10.1. The lowest BCUT2D eigenvalue weighted by Crippen LogP contribution is -2.27. The van der Waals surface area contributed by atoms with Crippen LogP contribution in [0.2, 0.25) is 0 Å². The number of nitrogens with zero attached hydrogens (tertiary/aromatic N) is 2. The van der Waals surface area contributed by atoms with Gasteiger partial charge in [0, 0.05) is 29.0 Å². The second-order valence-corrected chi connectivity index (χ2v) is 7.85. The van der Waals surface area contributed by atoms with E-state index in [4.69, 9.17) is 10.8 Å². The number of thioether (sulfide) groups is 1. The topological polar surface area (TPSA) is 79.5 Å². The first kappa shape index (κ1) is 14.6. The summed E-state index contributed by atoms with van der Waals surface area (Å²) in [6, 6.07) is -1.03. The zero-order valence-corrected chi connectivity index (χ0v) is 12.8. The molecule has 1 unspecified atom stereocenters. The third kappa shape index (κ3) is 3.61. The molecule has 1 atom stereocenters. The molecular weight excluding hydrogens is 282 g/mol. The zero-order chi connectivity index (χ0) is 14.0. The Morgan fingerprint density at radius 1 is 1.58 bits per heavy atom. The number of nitrogens with two attached hydrogens (primary N) is 1. The van der Waals surface area contributed by atoms with E-state index in [1.54, 1.807) is 5.38 Å². The van der Waals surface area contributed by atoms with Gasteiger partial charge in [-0.3, -0.25) is 4.79 Å². The molecule has 1 aliphatic heterocycles. The van der Waals surface area contributed by atoms with Crippen molar-refractivity contribution in [3.8, 4) is 0 Å². The SMILES string of the molecule is CC1(C)CCN(c2nc(C(N)C(=O)O)cs2)CCS1. The van der Waals surface area contributed by atoms with Gasteiger partial charge in [0.1, 0.15) is 6.04 Å². The van der Waals surface area contributed by atoms with Gasteiger partial charge in [0.25, 0.3) is 0 Å². The highest BCUT2D eigenvalue weighted by Crippen LogP contribution is 2.33. The van der Waals surface area contributed by atoms with Gasteiger partial charge in [-0.25, -0.2) is 4.98 Å². The van der Waals surface area contributed by atoms with Crippen molar-refractivity contribution in [2.45, 2.75) is 31.1 Å². The number of hydrogen-bond donors (Lipinski definition) is 2. The summed E-state index contributed by atoms with van der Waals surface area (Å²) in [7, 11) is 0. The standard InChI is InChI=1S/C12H19N3O2S2/c1-12(2)3-4-15(5-6-19-12)11-14-8(7-18-11)9(13)10(16)17/h7,9H,3-6,13H2,1-2H3,(H,16,17). The molecule has 1 saturated heterocycles. The van der Waals surface area contributed by atoms with Gasteiger partial charge in [0.15, 0.2) is 5.13 Å². The molecule has 0 amide bonds. The van der Waals surface area contributed by atoms with Crippen LogP contribution in [0.3, 0.4) is 0 Å². The van der Waals surface area contributed by atoms with Crippen molar-refractivity contribution in [3.05, 3.63) is 11.1 Å². The van der Waals surface area contributed by atoms with Crippen molar-refractivity contribution in [1.82, 2.24) is 4.98 Å². The maximum absolute atomic E-state index is 10.8. The lowest BCUT2D eigenvalue weighted by Gasteiger charge is -2.22. The Balaban J connectivity index is 2.08. The van der Waals surface area contributed by atoms with E-state index in [1.165, 1.54) is 11.3 Å². The maximum atomic E-state index is 10.8. The molecular formula is C12H19N3O2S2. The number of rotatable bonds is 3. The molecule has 0 spiro atoms. The Morgan fingerprint density at radius 3 is 3.00 bits per heavy atom. The first-order valence-corrected chi connectivity index (χ1v) is 8.08. The monoisotopic (exact) mass is 301 g/mol. The van der Waals surface area contributed by atoms with Crippen molar-refractivity contribution in [1.29, 1.82) is 0 Å². The summed E-state index contributed by atoms with van der Waals surface area (Å²) < 4.78 is 0.298. The molecule has 1 aromatic rings.